The SMILES string of the molecule is COc1c(C)cc(CN(C)CC(=O)Nc2ccc(C)cc2Br)cc1C. The summed E-state index contributed by atoms with van der Waals surface area (Å²) < 4.78 is 6.30. The molecule has 0 saturated carbocycles. The molecule has 0 aliphatic carbocycles. The van der Waals surface area contributed by atoms with Crippen molar-refractivity contribution in [1.29, 1.82) is 0 Å². The van der Waals surface area contributed by atoms with Gasteiger partial charge in [-0.3, -0.25) is 9.69 Å². The number of rotatable bonds is 6. The Bertz CT molecular complexity index is 751. The third-order valence-electron chi connectivity index (χ3n) is 3.99. The zero-order valence-electron chi connectivity index (χ0n) is 15.4. The standard InChI is InChI=1S/C20H25BrN2O2/c1-13-6-7-18(17(21)8-13)22-19(24)12-23(4)11-16-9-14(2)20(25-5)15(3)10-16/h6-10H,11-12H2,1-5H3,(H,22,24). The number of nitrogens with zero attached hydrogens (tertiary/aromatic N) is 1. The van der Waals surface area contributed by atoms with Crippen LogP contribution in [-0.2, 0) is 11.3 Å². The van der Waals surface area contributed by atoms with E-state index in [9.17, 15) is 4.79 Å². The quantitative estimate of drug-likeness (QED) is 0.772. The van der Waals surface area contributed by atoms with Gasteiger partial charge >= 0.3 is 0 Å². The predicted octanol–water partition coefficient (Wildman–Crippen LogP) is 4.45. The number of amides is 1. The number of methoxy groups -OCH3 is 1. The minimum atomic E-state index is -0.0333. The summed E-state index contributed by atoms with van der Waals surface area (Å²) >= 11 is 3.48. The molecular formula is C20H25BrN2O2. The molecule has 1 amide bonds. The van der Waals surface area contributed by atoms with Crippen molar-refractivity contribution < 1.29 is 9.53 Å². The van der Waals surface area contributed by atoms with Crippen molar-refractivity contribution >= 4 is 27.5 Å². The number of ether oxygens (including phenoxy) is 1. The largest absolute Gasteiger partial charge is 0.496 e. The zero-order valence-corrected chi connectivity index (χ0v) is 17.0. The summed E-state index contributed by atoms with van der Waals surface area (Å²) in [6.45, 7) is 7.12. The first-order valence-corrected chi connectivity index (χ1v) is 8.98. The third-order valence-corrected chi connectivity index (χ3v) is 4.65. The van der Waals surface area contributed by atoms with Crippen LogP contribution in [0.3, 0.4) is 0 Å². The summed E-state index contributed by atoms with van der Waals surface area (Å²) in [4.78, 5) is 14.3. The molecule has 2 aromatic rings. The van der Waals surface area contributed by atoms with Crippen LogP contribution in [0.5, 0.6) is 5.75 Å². The lowest BCUT2D eigenvalue weighted by Gasteiger charge is -2.18. The van der Waals surface area contributed by atoms with Crippen LogP contribution in [0, 0.1) is 20.8 Å². The molecular weight excluding hydrogens is 380 g/mol. The first-order valence-electron chi connectivity index (χ1n) is 8.18. The lowest BCUT2D eigenvalue weighted by atomic mass is 10.1. The monoisotopic (exact) mass is 404 g/mol. The second-order valence-electron chi connectivity index (χ2n) is 6.47. The molecule has 1 N–H and O–H groups in total. The number of nitrogens with one attached hydrogen (secondary N) is 1. The van der Waals surface area contributed by atoms with Gasteiger partial charge in [0.1, 0.15) is 5.75 Å². The normalized spacial score (nSPS) is 10.8. The molecule has 0 aromatic heterocycles. The molecule has 25 heavy (non-hydrogen) atoms. The minimum Gasteiger partial charge on any atom is -0.496 e. The van der Waals surface area contributed by atoms with Crippen molar-refractivity contribution in [2.75, 3.05) is 26.0 Å². The van der Waals surface area contributed by atoms with Gasteiger partial charge in [0.25, 0.3) is 0 Å². The van der Waals surface area contributed by atoms with E-state index in [1.54, 1.807) is 7.11 Å². The average molecular weight is 405 g/mol. The molecule has 2 aromatic carbocycles. The number of anilines is 1. The second-order valence-corrected chi connectivity index (χ2v) is 7.32. The Labute approximate surface area is 158 Å². The Balaban J connectivity index is 1.97. The van der Waals surface area contributed by atoms with E-state index >= 15 is 0 Å². The van der Waals surface area contributed by atoms with Gasteiger partial charge in [0.05, 0.1) is 19.3 Å². The summed E-state index contributed by atoms with van der Waals surface area (Å²) in [7, 11) is 3.63. The Hall–Kier alpha value is -1.85. The number of benzene rings is 2. The van der Waals surface area contributed by atoms with E-state index < -0.39 is 0 Å². The summed E-state index contributed by atoms with van der Waals surface area (Å²) in [5.41, 5.74) is 5.33. The van der Waals surface area contributed by atoms with Crippen molar-refractivity contribution in [2.24, 2.45) is 0 Å². The van der Waals surface area contributed by atoms with Crippen LogP contribution in [0.4, 0.5) is 5.69 Å². The van der Waals surface area contributed by atoms with E-state index in [0.29, 0.717) is 13.1 Å². The predicted molar refractivity (Wildman–Crippen MR) is 106 cm³/mol. The molecule has 0 spiro atoms. The van der Waals surface area contributed by atoms with Gasteiger partial charge in [0.2, 0.25) is 5.91 Å². The zero-order chi connectivity index (χ0) is 18.6. The number of halogens is 1. The van der Waals surface area contributed by atoms with Crippen LogP contribution in [0.25, 0.3) is 0 Å². The second kappa shape index (κ2) is 8.50. The van der Waals surface area contributed by atoms with Gasteiger partial charge in [0.15, 0.2) is 0 Å². The highest BCUT2D eigenvalue weighted by molar-refractivity contribution is 9.10. The number of likely N-dealkylation sites (N-methyl/N-ethyl adjacent to an activating group) is 1. The van der Waals surface area contributed by atoms with Crippen LogP contribution < -0.4 is 10.1 Å². The van der Waals surface area contributed by atoms with E-state index in [1.807, 2.05) is 50.9 Å². The maximum atomic E-state index is 12.3. The van der Waals surface area contributed by atoms with E-state index in [1.165, 1.54) is 5.56 Å². The molecule has 0 unspecified atom stereocenters. The first kappa shape index (κ1) is 19.5. The van der Waals surface area contributed by atoms with Crippen molar-refractivity contribution in [2.45, 2.75) is 27.3 Å². The van der Waals surface area contributed by atoms with Crippen LogP contribution in [0.2, 0.25) is 0 Å². The topological polar surface area (TPSA) is 41.6 Å². The van der Waals surface area contributed by atoms with Gasteiger partial charge in [-0.25, -0.2) is 0 Å². The highest BCUT2D eigenvalue weighted by atomic mass is 79.9. The van der Waals surface area contributed by atoms with Crippen LogP contribution in [-0.4, -0.2) is 31.5 Å². The summed E-state index contributed by atoms with van der Waals surface area (Å²) in [6, 6.07) is 10.1. The van der Waals surface area contributed by atoms with E-state index in [2.05, 4.69) is 33.4 Å². The van der Waals surface area contributed by atoms with Gasteiger partial charge < -0.3 is 10.1 Å². The highest BCUT2D eigenvalue weighted by Crippen LogP contribution is 2.25. The maximum Gasteiger partial charge on any atom is 0.238 e. The average Bonchev–Trinajstić information content (AvgIpc) is 2.49. The summed E-state index contributed by atoms with van der Waals surface area (Å²) in [6.07, 6.45) is 0. The highest BCUT2D eigenvalue weighted by Gasteiger charge is 2.11. The molecule has 4 nitrogen and oxygen atoms in total. The molecule has 0 fully saturated rings. The Morgan fingerprint density at radius 2 is 1.80 bits per heavy atom. The van der Waals surface area contributed by atoms with Gasteiger partial charge in [0, 0.05) is 11.0 Å². The van der Waals surface area contributed by atoms with Crippen LogP contribution in [0.1, 0.15) is 22.3 Å². The van der Waals surface area contributed by atoms with E-state index in [-0.39, 0.29) is 5.91 Å². The summed E-state index contributed by atoms with van der Waals surface area (Å²) in [5, 5.41) is 2.95. The van der Waals surface area contributed by atoms with Crippen molar-refractivity contribution in [3.8, 4) is 5.75 Å². The van der Waals surface area contributed by atoms with Gasteiger partial charge in [-0.1, -0.05) is 18.2 Å². The Morgan fingerprint density at radius 1 is 1.16 bits per heavy atom. The van der Waals surface area contributed by atoms with Crippen molar-refractivity contribution in [1.82, 2.24) is 4.90 Å². The molecule has 134 valence electrons. The number of carbonyl (C=O) groups excluding carboxylic acids is 1. The fourth-order valence-electron chi connectivity index (χ4n) is 2.98. The molecule has 0 saturated heterocycles. The van der Waals surface area contributed by atoms with Crippen molar-refractivity contribution in [3.05, 3.63) is 57.1 Å². The van der Waals surface area contributed by atoms with Crippen LogP contribution in [0.15, 0.2) is 34.8 Å². The smallest absolute Gasteiger partial charge is 0.238 e. The Kier molecular flexibility index (Phi) is 6.62. The van der Waals surface area contributed by atoms with Crippen molar-refractivity contribution in [3.63, 3.8) is 0 Å². The summed E-state index contributed by atoms with van der Waals surface area (Å²) in [5.74, 6) is 0.891. The lowest BCUT2D eigenvalue weighted by molar-refractivity contribution is -0.117. The molecule has 0 radical (unpaired) electrons. The number of carbonyl (C=O) groups is 1. The van der Waals surface area contributed by atoms with Gasteiger partial charge in [-0.2, -0.15) is 0 Å². The molecule has 2 rings (SSSR count). The van der Waals surface area contributed by atoms with Crippen LogP contribution >= 0.6 is 15.9 Å². The molecule has 5 heteroatoms. The Morgan fingerprint density at radius 3 is 2.36 bits per heavy atom. The molecule has 0 heterocycles. The van der Waals surface area contributed by atoms with Gasteiger partial charge in [-0.05, 0) is 78.1 Å². The fraction of sp³-hybridized carbons (Fsp3) is 0.350. The minimum absolute atomic E-state index is 0.0333. The maximum absolute atomic E-state index is 12.3. The van der Waals surface area contributed by atoms with Gasteiger partial charge in [-0.15, -0.1) is 0 Å². The number of aryl methyl sites for hydroxylation is 3. The van der Waals surface area contributed by atoms with E-state index in [0.717, 1.165) is 32.6 Å². The third kappa shape index (κ3) is 5.31. The molecule has 0 bridgehead atoms. The molecule has 0 aliphatic rings. The molecule has 0 aliphatic heterocycles. The number of hydrogen-bond donors (Lipinski definition) is 1. The van der Waals surface area contributed by atoms with E-state index in [4.69, 9.17) is 4.74 Å². The fourth-order valence-corrected chi connectivity index (χ4v) is 3.57. The first-order chi connectivity index (χ1) is 11.8. The lowest BCUT2D eigenvalue weighted by Crippen LogP contribution is -2.30. The molecule has 0 atom stereocenters. The number of hydrogen-bond acceptors (Lipinski definition) is 3.